The molecule has 6 nitrogen and oxygen atoms in total. The van der Waals surface area contributed by atoms with Crippen LogP contribution in [0.25, 0.3) is 0 Å². The predicted molar refractivity (Wildman–Crippen MR) is 75.6 cm³/mol. The molecule has 0 fully saturated rings. The minimum atomic E-state index is -0.604. The van der Waals surface area contributed by atoms with Gasteiger partial charge in [0.15, 0.2) is 5.69 Å². The lowest BCUT2D eigenvalue weighted by molar-refractivity contribution is -0.386. The molecular weight excluding hydrogens is 260 g/mol. The normalized spacial score (nSPS) is 12.6. The van der Waals surface area contributed by atoms with Gasteiger partial charge in [-0.15, -0.1) is 0 Å². The molecular formula is C14H24N2O4. The standard InChI is InChI=1S/C14H24N2O4/c1-3-4-5-6-7-8-9-12(17)10-13-14(16(18)19)11(2)15-20-13/h12,17H,3-10H2,1-2H3. The van der Waals surface area contributed by atoms with Gasteiger partial charge in [0, 0.05) is 6.42 Å². The summed E-state index contributed by atoms with van der Waals surface area (Å²) in [5.74, 6) is 0.172. The molecule has 0 saturated carbocycles. The second kappa shape index (κ2) is 8.68. The smallest absolute Gasteiger partial charge is 0.334 e. The predicted octanol–water partition coefficient (Wildman–Crippen LogP) is 3.55. The van der Waals surface area contributed by atoms with Crippen LogP contribution in [0.5, 0.6) is 0 Å². The lowest BCUT2D eigenvalue weighted by Gasteiger charge is -2.07. The van der Waals surface area contributed by atoms with Crippen LogP contribution in [-0.2, 0) is 6.42 Å². The monoisotopic (exact) mass is 284 g/mol. The van der Waals surface area contributed by atoms with Gasteiger partial charge in [0.2, 0.25) is 5.76 Å². The van der Waals surface area contributed by atoms with Crippen molar-refractivity contribution in [3.05, 3.63) is 21.6 Å². The first-order valence-electron chi connectivity index (χ1n) is 7.33. The molecule has 1 N–H and O–H groups in total. The number of nitro groups is 1. The molecule has 1 rings (SSSR count). The van der Waals surface area contributed by atoms with Gasteiger partial charge >= 0.3 is 5.69 Å². The van der Waals surface area contributed by atoms with Gasteiger partial charge in [-0.2, -0.15) is 0 Å². The van der Waals surface area contributed by atoms with E-state index in [2.05, 4.69) is 12.1 Å². The molecule has 0 aliphatic carbocycles. The number of nitrogens with zero attached hydrogens (tertiary/aromatic N) is 2. The largest absolute Gasteiger partial charge is 0.393 e. The third kappa shape index (κ3) is 5.28. The van der Waals surface area contributed by atoms with Crippen LogP contribution in [0, 0.1) is 17.0 Å². The Balaban J connectivity index is 2.32. The Morgan fingerprint density at radius 3 is 2.60 bits per heavy atom. The van der Waals surface area contributed by atoms with E-state index < -0.39 is 11.0 Å². The number of aromatic nitrogens is 1. The van der Waals surface area contributed by atoms with Crippen LogP contribution in [0.15, 0.2) is 4.52 Å². The van der Waals surface area contributed by atoms with E-state index in [0.717, 1.165) is 12.8 Å². The first-order valence-corrected chi connectivity index (χ1v) is 7.33. The SMILES string of the molecule is CCCCCCCCC(O)Cc1onc(C)c1[N+](=O)[O-]. The second-order valence-electron chi connectivity index (χ2n) is 5.21. The van der Waals surface area contributed by atoms with Gasteiger partial charge in [0.1, 0.15) is 0 Å². The molecule has 1 atom stereocenters. The lowest BCUT2D eigenvalue weighted by Crippen LogP contribution is -2.11. The molecule has 20 heavy (non-hydrogen) atoms. The molecule has 0 amide bonds. The van der Waals surface area contributed by atoms with Gasteiger partial charge in [-0.1, -0.05) is 50.6 Å². The van der Waals surface area contributed by atoms with E-state index in [4.69, 9.17) is 4.52 Å². The molecule has 1 unspecified atom stereocenters. The van der Waals surface area contributed by atoms with Crippen molar-refractivity contribution < 1.29 is 14.6 Å². The van der Waals surface area contributed by atoms with E-state index in [1.165, 1.54) is 32.6 Å². The molecule has 1 heterocycles. The van der Waals surface area contributed by atoms with Crippen molar-refractivity contribution in [3.63, 3.8) is 0 Å². The first-order chi connectivity index (χ1) is 9.56. The van der Waals surface area contributed by atoms with Gasteiger partial charge in [-0.05, 0) is 13.3 Å². The van der Waals surface area contributed by atoms with Crippen LogP contribution >= 0.6 is 0 Å². The molecule has 1 aromatic rings. The quantitative estimate of drug-likeness (QED) is 0.403. The molecule has 0 saturated heterocycles. The van der Waals surface area contributed by atoms with E-state index in [9.17, 15) is 15.2 Å². The minimum absolute atomic E-state index is 0.105. The zero-order valence-corrected chi connectivity index (χ0v) is 12.3. The number of hydrogen-bond donors (Lipinski definition) is 1. The molecule has 0 aromatic carbocycles. The van der Waals surface area contributed by atoms with Gasteiger partial charge in [0.25, 0.3) is 0 Å². The van der Waals surface area contributed by atoms with E-state index in [-0.39, 0.29) is 23.6 Å². The van der Waals surface area contributed by atoms with Gasteiger partial charge < -0.3 is 9.63 Å². The average Bonchev–Trinajstić information content (AvgIpc) is 2.74. The number of rotatable bonds is 10. The van der Waals surface area contributed by atoms with E-state index >= 15 is 0 Å². The Hall–Kier alpha value is -1.43. The van der Waals surface area contributed by atoms with E-state index in [1.54, 1.807) is 0 Å². The van der Waals surface area contributed by atoms with Crippen LogP contribution in [-0.4, -0.2) is 21.3 Å². The van der Waals surface area contributed by atoms with Crippen LogP contribution in [0.1, 0.15) is 63.3 Å². The van der Waals surface area contributed by atoms with Crippen molar-refractivity contribution in [2.24, 2.45) is 0 Å². The number of aliphatic hydroxyl groups is 1. The Kier molecular flexibility index (Phi) is 7.22. The summed E-state index contributed by atoms with van der Waals surface area (Å²) in [6.07, 6.45) is 7.12. The highest BCUT2D eigenvalue weighted by molar-refractivity contribution is 5.37. The fourth-order valence-corrected chi connectivity index (χ4v) is 2.26. The highest BCUT2D eigenvalue weighted by Gasteiger charge is 2.25. The first kappa shape index (κ1) is 16.6. The van der Waals surface area contributed by atoms with Gasteiger partial charge in [0.05, 0.1) is 11.0 Å². The van der Waals surface area contributed by atoms with Crippen molar-refractivity contribution >= 4 is 5.69 Å². The van der Waals surface area contributed by atoms with Crippen LogP contribution in [0.4, 0.5) is 5.69 Å². The summed E-state index contributed by atoms with van der Waals surface area (Å²) in [5.41, 5.74) is 0.156. The summed E-state index contributed by atoms with van der Waals surface area (Å²) in [6.45, 7) is 3.71. The Bertz CT molecular complexity index is 417. The second-order valence-corrected chi connectivity index (χ2v) is 5.21. The molecule has 6 heteroatoms. The fraction of sp³-hybridized carbons (Fsp3) is 0.786. The number of aliphatic hydroxyl groups excluding tert-OH is 1. The molecule has 0 aliphatic rings. The molecule has 0 spiro atoms. The highest BCUT2D eigenvalue weighted by atomic mass is 16.6. The average molecular weight is 284 g/mol. The maximum absolute atomic E-state index is 10.9. The van der Waals surface area contributed by atoms with E-state index in [0.29, 0.717) is 6.42 Å². The minimum Gasteiger partial charge on any atom is -0.393 e. The number of unbranched alkanes of at least 4 members (excludes halogenated alkanes) is 5. The van der Waals surface area contributed by atoms with Crippen molar-refractivity contribution in [2.45, 2.75) is 71.3 Å². The maximum Gasteiger partial charge on any atom is 0.334 e. The Labute approximate surface area is 119 Å². The van der Waals surface area contributed by atoms with Crippen molar-refractivity contribution in [1.29, 1.82) is 0 Å². The van der Waals surface area contributed by atoms with Crippen LogP contribution in [0.2, 0.25) is 0 Å². The van der Waals surface area contributed by atoms with E-state index in [1.807, 2.05) is 0 Å². The zero-order valence-electron chi connectivity index (χ0n) is 12.3. The van der Waals surface area contributed by atoms with Crippen molar-refractivity contribution in [3.8, 4) is 0 Å². The zero-order chi connectivity index (χ0) is 15.0. The molecule has 0 radical (unpaired) electrons. The van der Waals surface area contributed by atoms with Gasteiger partial charge in [-0.3, -0.25) is 10.1 Å². The summed E-state index contributed by atoms with van der Waals surface area (Å²) in [4.78, 5) is 10.4. The molecule has 114 valence electrons. The third-order valence-corrected chi connectivity index (χ3v) is 3.39. The molecule has 0 aliphatic heterocycles. The van der Waals surface area contributed by atoms with Crippen LogP contribution in [0.3, 0.4) is 0 Å². The van der Waals surface area contributed by atoms with Crippen molar-refractivity contribution in [2.75, 3.05) is 0 Å². The number of aryl methyl sites for hydroxylation is 1. The molecule has 0 bridgehead atoms. The summed E-state index contributed by atoms with van der Waals surface area (Å²) in [5, 5.41) is 24.4. The molecule has 1 aromatic heterocycles. The lowest BCUT2D eigenvalue weighted by atomic mass is 10.0. The highest BCUT2D eigenvalue weighted by Crippen LogP contribution is 2.24. The van der Waals surface area contributed by atoms with Gasteiger partial charge in [-0.25, -0.2) is 0 Å². The summed E-state index contributed by atoms with van der Waals surface area (Å²) in [7, 11) is 0. The third-order valence-electron chi connectivity index (χ3n) is 3.39. The topological polar surface area (TPSA) is 89.4 Å². The summed E-state index contributed by atoms with van der Waals surface area (Å²) in [6, 6.07) is 0. The summed E-state index contributed by atoms with van der Waals surface area (Å²) < 4.78 is 4.94. The Morgan fingerprint density at radius 2 is 1.95 bits per heavy atom. The maximum atomic E-state index is 10.9. The number of hydrogen-bond acceptors (Lipinski definition) is 5. The van der Waals surface area contributed by atoms with Crippen LogP contribution < -0.4 is 0 Å². The van der Waals surface area contributed by atoms with Crippen molar-refractivity contribution in [1.82, 2.24) is 5.16 Å². The fourth-order valence-electron chi connectivity index (χ4n) is 2.26. The Morgan fingerprint density at radius 1 is 1.30 bits per heavy atom. The summed E-state index contributed by atoms with van der Waals surface area (Å²) >= 11 is 0.